The number of piperidine rings is 1. The third-order valence-electron chi connectivity index (χ3n) is 4.17. The molecule has 6 nitrogen and oxygen atoms in total. The molecule has 25 heavy (non-hydrogen) atoms. The zero-order valence-corrected chi connectivity index (χ0v) is 14.7. The molecule has 3 rings (SSSR count). The molecule has 0 amide bonds. The Bertz CT molecular complexity index is 711. The van der Waals surface area contributed by atoms with Gasteiger partial charge in [0.25, 0.3) is 0 Å². The Balaban J connectivity index is 0.00000109. The van der Waals surface area contributed by atoms with Crippen LogP contribution in [-0.2, 0) is 0 Å². The molecular weight excluding hydrogens is 312 g/mol. The van der Waals surface area contributed by atoms with E-state index in [0.717, 1.165) is 54.1 Å². The number of nitrogens with two attached hydrogens (primary N) is 1. The average Bonchev–Trinajstić information content (AvgIpc) is 3.14. The lowest BCUT2D eigenvalue weighted by Crippen LogP contribution is -2.27. The fraction of sp³-hybridized carbons (Fsp3) is 0.316. The van der Waals surface area contributed by atoms with Gasteiger partial charge < -0.3 is 11.1 Å². The molecule has 6 heteroatoms. The lowest BCUT2D eigenvalue weighted by atomic mass is 9.89. The minimum atomic E-state index is 0.456. The predicted octanol–water partition coefficient (Wildman–Crippen LogP) is 2.66. The molecule has 2 aromatic rings. The van der Waals surface area contributed by atoms with Crippen LogP contribution in [0.25, 0.3) is 16.8 Å². The number of aromatic amines is 1. The maximum absolute atomic E-state index is 4.56. The minimum absolute atomic E-state index is 0.456. The second kappa shape index (κ2) is 9.66. The summed E-state index contributed by atoms with van der Waals surface area (Å²) in [6, 6.07) is 1.92. The first-order valence-corrected chi connectivity index (χ1v) is 8.43. The van der Waals surface area contributed by atoms with Gasteiger partial charge in [-0.05, 0) is 39.0 Å². The summed E-state index contributed by atoms with van der Waals surface area (Å²) < 4.78 is 0. The lowest BCUT2D eigenvalue weighted by molar-refractivity contribution is 0.453. The highest BCUT2D eigenvalue weighted by Gasteiger charge is 2.25. The first-order chi connectivity index (χ1) is 12.3. The van der Waals surface area contributed by atoms with Crippen LogP contribution in [0.2, 0.25) is 0 Å². The zero-order valence-electron chi connectivity index (χ0n) is 14.7. The highest BCUT2D eigenvalue weighted by Crippen LogP contribution is 2.36. The molecule has 132 valence electrons. The van der Waals surface area contributed by atoms with Gasteiger partial charge in [-0.3, -0.25) is 5.10 Å². The summed E-state index contributed by atoms with van der Waals surface area (Å²) in [5.41, 5.74) is 9.38. The van der Waals surface area contributed by atoms with Gasteiger partial charge in [0, 0.05) is 28.9 Å². The highest BCUT2D eigenvalue weighted by molar-refractivity contribution is 5.84. The fourth-order valence-corrected chi connectivity index (χ4v) is 3.04. The number of allylic oxidation sites excluding steroid dienone is 4. The summed E-state index contributed by atoms with van der Waals surface area (Å²) in [6.45, 7) is 9.73. The molecule has 1 fully saturated rings. The number of hydrogen-bond donors (Lipinski definition) is 3. The second-order valence-electron chi connectivity index (χ2n) is 5.54. The van der Waals surface area contributed by atoms with E-state index in [0.29, 0.717) is 5.92 Å². The van der Waals surface area contributed by atoms with E-state index in [1.165, 1.54) is 7.05 Å². The Kier molecular flexibility index (Phi) is 7.25. The van der Waals surface area contributed by atoms with Crippen molar-refractivity contribution in [3.63, 3.8) is 0 Å². The van der Waals surface area contributed by atoms with Crippen molar-refractivity contribution >= 4 is 5.57 Å². The van der Waals surface area contributed by atoms with Crippen LogP contribution >= 0.6 is 0 Å². The van der Waals surface area contributed by atoms with E-state index in [1.807, 2.05) is 12.1 Å². The van der Waals surface area contributed by atoms with Crippen molar-refractivity contribution in [2.45, 2.75) is 18.8 Å². The number of H-pyrrole nitrogens is 1. The average molecular weight is 338 g/mol. The van der Waals surface area contributed by atoms with Gasteiger partial charge in [-0.1, -0.05) is 31.4 Å². The summed E-state index contributed by atoms with van der Waals surface area (Å²) in [4.78, 5) is 8.47. The zero-order chi connectivity index (χ0) is 18.1. The number of nitrogens with zero attached hydrogens (tertiary/aromatic N) is 3. The van der Waals surface area contributed by atoms with Crippen molar-refractivity contribution in [1.82, 2.24) is 25.5 Å². The Morgan fingerprint density at radius 1 is 1.28 bits per heavy atom. The van der Waals surface area contributed by atoms with Crippen LogP contribution < -0.4 is 11.1 Å². The standard InChI is InChI=1S/C18H21N5.CH5N/c1-3-5-13(4-2)17-16(15-8-11-20-12-21-15)18(23-22-17)14-6-9-19-10-7-14;1-2/h3-5,8,11-12,14,19H,1-2,6-7,9-10H2,(H,22,23);2H2,1H3/b13-5+;. The Morgan fingerprint density at radius 2 is 2.04 bits per heavy atom. The summed E-state index contributed by atoms with van der Waals surface area (Å²) in [5.74, 6) is 0.456. The van der Waals surface area contributed by atoms with Gasteiger partial charge in [-0.15, -0.1) is 0 Å². The monoisotopic (exact) mass is 338 g/mol. The fourth-order valence-electron chi connectivity index (χ4n) is 3.04. The van der Waals surface area contributed by atoms with Crippen LogP contribution in [0.1, 0.15) is 30.1 Å². The van der Waals surface area contributed by atoms with Crippen molar-refractivity contribution in [1.29, 1.82) is 0 Å². The maximum Gasteiger partial charge on any atom is 0.116 e. The molecule has 1 aliphatic rings. The molecule has 0 aliphatic carbocycles. The SMILES string of the molecule is C=C/C=C(\C=C)c1n[nH]c(C2CCNCC2)c1-c1ccncn1.CN. The van der Waals surface area contributed by atoms with Crippen LogP contribution in [-0.4, -0.2) is 40.3 Å². The molecule has 0 saturated carbocycles. The summed E-state index contributed by atoms with van der Waals surface area (Å²) in [5, 5.41) is 11.2. The number of nitrogens with one attached hydrogen (secondary N) is 2. The second-order valence-corrected chi connectivity index (χ2v) is 5.54. The van der Waals surface area contributed by atoms with E-state index < -0.39 is 0 Å². The molecule has 0 radical (unpaired) electrons. The molecule has 3 heterocycles. The Morgan fingerprint density at radius 3 is 2.64 bits per heavy atom. The summed E-state index contributed by atoms with van der Waals surface area (Å²) >= 11 is 0. The Hall–Kier alpha value is -2.57. The van der Waals surface area contributed by atoms with E-state index in [1.54, 1.807) is 24.7 Å². The molecule has 4 N–H and O–H groups in total. The van der Waals surface area contributed by atoms with Gasteiger partial charge >= 0.3 is 0 Å². The smallest absolute Gasteiger partial charge is 0.116 e. The molecular formula is C19H26N6. The summed E-state index contributed by atoms with van der Waals surface area (Å²) in [7, 11) is 1.50. The third-order valence-corrected chi connectivity index (χ3v) is 4.17. The normalized spacial score (nSPS) is 15.2. The quantitative estimate of drug-likeness (QED) is 0.729. The third kappa shape index (κ3) is 4.29. The minimum Gasteiger partial charge on any atom is -0.333 e. The largest absolute Gasteiger partial charge is 0.333 e. The molecule has 0 unspecified atom stereocenters. The topological polar surface area (TPSA) is 92.5 Å². The first kappa shape index (κ1) is 18.8. The van der Waals surface area contributed by atoms with Gasteiger partial charge in [0.15, 0.2) is 0 Å². The van der Waals surface area contributed by atoms with Gasteiger partial charge in [0.2, 0.25) is 0 Å². The van der Waals surface area contributed by atoms with Crippen LogP contribution in [0.15, 0.2) is 50.0 Å². The molecule has 1 aliphatic heterocycles. The van der Waals surface area contributed by atoms with Crippen LogP contribution in [0, 0.1) is 0 Å². The van der Waals surface area contributed by atoms with E-state index in [4.69, 9.17) is 0 Å². The molecule has 2 aromatic heterocycles. The van der Waals surface area contributed by atoms with Gasteiger partial charge in [0.1, 0.15) is 12.0 Å². The first-order valence-electron chi connectivity index (χ1n) is 8.43. The van der Waals surface area contributed by atoms with Gasteiger partial charge in [-0.2, -0.15) is 5.10 Å². The molecule has 0 bridgehead atoms. The molecule has 0 spiro atoms. The van der Waals surface area contributed by atoms with E-state index in [9.17, 15) is 0 Å². The molecule has 0 aromatic carbocycles. The van der Waals surface area contributed by atoms with Gasteiger partial charge in [0.05, 0.1) is 5.69 Å². The number of rotatable bonds is 5. The Labute approximate surface area is 149 Å². The maximum atomic E-state index is 4.56. The number of aromatic nitrogens is 4. The van der Waals surface area contributed by atoms with E-state index in [-0.39, 0.29) is 0 Å². The van der Waals surface area contributed by atoms with Crippen LogP contribution in [0.3, 0.4) is 0 Å². The lowest BCUT2D eigenvalue weighted by Gasteiger charge is -2.22. The van der Waals surface area contributed by atoms with Crippen molar-refractivity contribution in [3.05, 3.63) is 61.4 Å². The van der Waals surface area contributed by atoms with Gasteiger partial charge in [-0.25, -0.2) is 9.97 Å². The van der Waals surface area contributed by atoms with Crippen molar-refractivity contribution in [2.24, 2.45) is 5.73 Å². The predicted molar refractivity (Wildman–Crippen MR) is 103 cm³/mol. The molecule has 1 saturated heterocycles. The number of hydrogen-bond acceptors (Lipinski definition) is 5. The molecule has 0 atom stereocenters. The van der Waals surface area contributed by atoms with Crippen molar-refractivity contribution in [2.75, 3.05) is 20.1 Å². The van der Waals surface area contributed by atoms with E-state index in [2.05, 4.69) is 44.4 Å². The van der Waals surface area contributed by atoms with Crippen LogP contribution in [0.4, 0.5) is 0 Å². The van der Waals surface area contributed by atoms with E-state index >= 15 is 0 Å². The van der Waals surface area contributed by atoms with Crippen LogP contribution in [0.5, 0.6) is 0 Å². The highest BCUT2D eigenvalue weighted by atomic mass is 15.1. The van der Waals surface area contributed by atoms with Crippen molar-refractivity contribution in [3.8, 4) is 11.3 Å². The van der Waals surface area contributed by atoms with Crippen molar-refractivity contribution < 1.29 is 0 Å². The summed E-state index contributed by atoms with van der Waals surface area (Å²) in [6.07, 6.45) is 11.0.